The highest BCUT2D eigenvalue weighted by atomic mass is 35.5. The van der Waals surface area contributed by atoms with Crippen LogP contribution in [0.2, 0.25) is 5.02 Å². The highest BCUT2D eigenvalue weighted by Crippen LogP contribution is 2.31. The average molecular weight is 306 g/mol. The van der Waals surface area contributed by atoms with Crippen LogP contribution in [0, 0.1) is 0 Å². The minimum atomic E-state index is 0.157. The van der Waals surface area contributed by atoms with Gasteiger partial charge in [-0.1, -0.05) is 31.5 Å². The number of likely N-dealkylation sites (N-methyl/N-ethyl adjacent to an activating group) is 1. The quantitative estimate of drug-likeness (QED) is 0.877. The Hall–Kier alpha value is -1.16. The lowest BCUT2D eigenvalue weighted by molar-refractivity contribution is 0.168. The maximum absolute atomic E-state index is 6.29. The van der Waals surface area contributed by atoms with Gasteiger partial charge in [0.2, 0.25) is 0 Å². The van der Waals surface area contributed by atoms with Gasteiger partial charge in [-0.25, -0.2) is 0 Å². The molecule has 0 aliphatic carbocycles. The van der Waals surface area contributed by atoms with E-state index in [1.165, 1.54) is 0 Å². The third-order valence-corrected chi connectivity index (χ3v) is 4.67. The summed E-state index contributed by atoms with van der Waals surface area (Å²) in [7, 11) is 2.15. The largest absolute Gasteiger partial charge is 0.329 e. The summed E-state index contributed by atoms with van der Waals surface area (Å²) in [5.41, 5.74) is 8.20. The normalized spacial score (nSPS) is 13.3. The van der Waals surface area contributed by atoms with Gasteiger partial charge in [-0.15, -0.1) is 0 Å². The molecule has 2 N–H and O–H groups in total. The topological polar surface area (TPSA) is 42.1 Å². The zero-order chi connectivity index (χ0) is 15.4. The first-order valence-electron chi connectivity index (χ1n) is 7.59. The van der Waals surface area contributed by atoms with Gasteiger partial charge in [0.15, 0.2) is 0 Å². The molecule has 2 aromatic rings. The maximum Gasteiger partial charge on any atom is 0.0765 e. The second-order valence-corrected chi connectivity index (χ2v) is 5.83. The predicted octanol–water partition coefficient (Wildman–Crippen LogP) is 4.01. The van der Waals surface area contributed by atoms with Crippen LogP contribution in [-0.4, -0.2) is 29.5 Å². The van der Waals surface area contributed by atoms with E-state index in [-0.39, 0.29) is 6.04 Å². The Morgan fingerprint density at radius 3 is 2.57 bits per heavy atom. The van der Waals surface area contributed by atoms with E-state index in [1.54, 1.807) is 0 Å². The van der Waals surface area contributed by atoms with Crippen LogP contribution in [0.4, 0.5) is 0 Å². The van der Waals surface area contributed by atoms with Crippen molar-refractivity contribution in [2.75, 3.05) is 13.6 Å². The standard InChI is InChI=1S/C17H24ClN3/c1-4-12(5-2)21(3)16(11-19)14-8-9-15(18)13-7-6-10-20-17(13)14/h6-10,12,16H,4-5,11,19H2,1-3H3. The molecule has 1 aromatic heterocycles. The Kier molecular flexibility index (Phi) is 5.57. The van der Waals surface area contributed by atoms with E-state index in [2.05, 4.69) is 36.8 Å². The summed E-state index contributed by atoms with van der Waals surface area (Å²) in [6, 6.07) is 8.62. The van der Waals surface area contributed by atoms with Gasteiger partial charge < -0.3 is 5.73 Å². The summed E-state index contributed by atoms with van der Waals surface area (Å²) < 4.78 is 0. The van der Waals surface area contributed by atoms with Crippen molar-refractivity contribution in [2.45, 2.75) is 38.8 Å². The molecule has 0 aliphatic rings. The first kappa shape index (κ1) is 16.2. The zero-order valence-electron chi connectivity index (χ0n) is 13.0. The molecule has 0 radical (unpaired) electrons. The van der Waals surface area contributed by atoms with Crippen molar-refractivity contribution in [2.24, 2.45) is 5.73 Å². The molecule has 0 spiro atoms. The monoisotopic (exact) mass is 305 g/mol. The third kappa shape index (κ3) is 3.20. The molecule has 1 aromatic carbocycles. The fraction of sp³-hybridized carbons (Fsp3) is 0.471. The van der Waals surface area contributed by atoms with Crippen LogP contribution < -0.4 is 5.73 Å². The Labute approximate surface area is 132 Å². The Morgan fingerprint density at radius 2 is 1.95 bits per heavy atom. The summed E-state index contributed by atoms with van der Waals surface area (Å²) in [5.74, 6) is 0. The minimum Gasteiger partial charge on any atom is -0.329 e. The van der Waals surface area contributed by atoms with Crippen LogP contribution in [-0.2, 0) is 0 Å². The van der Waals surface area contributed by atoms with Crippen molar-refractivity contribution in [3.63, 3.8) is 0 Å². The van der Waals surface area contributed by atoms with Crippen molar-refractivity contribution < 1.29 is 0 Å². The lowest BCUT2D eigenvalue weighted by Crippen LogP contribution is -2.38. The molecule has 3 nitrogen and oxygen atoms in total. The predicted molar refractivity (Wildman–Crippen MR) is 90.7 cm³/mol. The van der Waals surface area contributed by atoms with Gasteiger partial charge in [-0.3, -0.25) is 9.88 Å². The lowest BCUT2D eigenvalue weighted by Gasteiger charge is -2.34. The van der Waals surface area contributed by atoms with Gasteiger partial charge >= 0.3 is 0 Å². The fourth-order valence-electron chi connectivity index (χ4n) is 3.06. The van der Waals surface area contributed by atoms with E-state index >= 15 is 0 Å². The Balaban J connectivity index is 2.50. The number of rotatable bonds is 6. The zero-order valence-corrected chi connectivity index (χ0v) is 13.8. The minimum absolute atomic E-state index is 0.157. The number of pyridine rings is 1. The van der Waals surface area contributed by atoms with Crippen molar-refractivity contribution in [3.8, 4) is 0 Å². The Morgan fingerprint density at radius 1 is 1.24 bits per heavy atom. The number of hydrogen-bond donors (Lipinski definition) is 1. The van der Waals surface area contributed by atoms with Crippen LogP contribution in [0.3, 0.4) is 0 Å². The molecule has 0 fully saturated rings. The third-order valence-electron chi connectivity index (χ3n) is 4.34. The second-order valence-electron chi connectivity index (χ2n) is 5.42. The van der Waals surface area contributed by atoms with Crippen LogP contribution in [0.25, 0.3) is 10.9 Å². The summed E-state index contributed by atoms with van der Waals surface area (Å²) in [5, 5.41) is 1.73. The number of benzene rings is 1. The van der Waals surface area contributed by atoms with Gasteiger partial charge in [0.25, 0.3) is 0 Å². The highest BCUT2D eigenvalue weighted by molar-refractivity contribution is 6.35. The first-order chi connectivity index (χ1) is 10.1. The fourth-order valence-corrected chi connectivity index (χ4v) is 3.28. The van der Waals surface area contributed by atoms with Gasteiger partial charge in [0.05, 0.1) is 5.52 Å². The number of nitrogens with zero attached hydrogens (tertiary/aromatic N) is 2. The number of aromatic nitrogens is 1. The number of halogens is 1. The van der Waals surface area contributed by atoms with E-state index in [4.69, 9.17) is 17.3 Å². The van der Waals surface area contributed by atoms with Crippen molar-refractivity contribution in [3.05, 3.63) is 41.0 Å². The molecule has 1 unspecified atom stereocenters. The molecule has 0 saturated carbocycles. The molecular formula is C17H24ClN3. The summed E-state index contributed by atoms with van der Waals surface area (Å²) >= 11 is 6.29. The van der Waals surface area contributed by atoms with Crippen LogP contribution in [0.15, 0.2) is 30.5 Å². The maximum atomic E-state index is 6.29. The summed E-state index contributed by atoms with van der Waals surface area (Å²) in [4.78, 5) is 6.91. The van der Waals surface area contributed by atoms with Crippen molar-refractivity contribution >= 4 is 22.5 Å². The van der Waals surface area contributed by atoms with Gasteiger partial charge in [0.1, 0.15) is 0 Å². The second kappa shape index (κ2) is 7.21. The van der Waals surface area contributed by atoms with Crippen LogP contribution in [0.1, 0.15) is 38.3 Å². The van der Waals surface area contributed by atoms with Gasteiger partial charge in [0, 0.05) is 35.2 Å². The SMILES string of the molecule is CCC(CC)N(C)C(CN)c1ccc(Cl)c2cccnc12. The van der Waals surface area contributed by atoms with Gasteiger partial charge in [-0.05, 0) is 43.7 Å². The van der Waals surface area contributed by atoms with Crippen LogP contribution in [0.5, 0.6) is 0 Å². The molecule has 0 amide bonds. The molecule has 0 bridgehead atoms. The number of hydrogen-bond acceptors (Lipinski definition) is 3. The van der Waals surface area contributed by atoms with E-state index in [0.29, 0.717) is 12.6 Å². The molecular weight excluding hydrogens is 282 g/mol. The lowest BCUT2D eigenvalue weighted by atomic mass is 9.99. The van der Waals surface area contributed by atoms with E-state index in [0.717, 1.165) is 34.3 Å². The van der Waals surface area contributed by atoms with Crippen LogP contribution >= 0.6 is 11.6 Å². The number of nitrogens with two attached hydrogens (primary N) is 1. The van der Waals surface area contributed by atoms with E-state index < -0.39 is 0 Å². The highest BCUT2D eigenvalue weighted by Gasteiger charge is 2.23. The van der Waals surface area contributed by atoms with Crippen molar-refractivity contribution in [1.82, 2.24) is 9.88 Å². The smallest absolute Gasteiger partial charge is 0.0765 e. The molecule has 1 heterocycles. The molecule has 4 heteroatoms. The first-order valence-corrected chi connectivity index (χ1v) is 7.96. The molecule has 0 saturated heterocycles. The van der Waals surface area contributed by atoms with Gasteiger partial charge in [-0.2, -0.15) is 0 Å². The Bertz CT molecular complexity index is 596. The van der Waals surface area contributed by atoms with E-state index in [1.807, 2.05) is 24.4 Å². The molecule has 114 valence electrons. The molecule has 2 rings (SSSR count). The molecule has 0 aliphatic heterocycles. The van der Waals surface area contributed by atoms with E-state index in [9.17, 15) is 0 Å². The number of fused-ring (bicyclic) bond motifs is 1. The van der Waals surface area contributed by atoms with Crippen molar-refractivity contribution in [1.29, 1.82) is 0 Å². The molecule has 21 heavy (non-hydrogen) atoms. The average Bonchev–Trinajstić information content (AvgIpc) is 2.52. The summed E-state index contributed by atoms with van der Waals surface area (Å²) in [6.07, 6.45) is 4.04. The molecule has 1 atom stereocenters. The summed E-state index contributed by atoms with van der Waals surface area (Å²) in [6.45, 7) is 5.01.